The van der Waals surface area contributed by atoms with Crippen LogP contribution in [0.2, 0.25) is 0 Å². The number of allylic oxidation sites excluding steroid dienone is 2. The number of ether oxygens (including phenoxy) is 1. The molecule has 0 spiro atoms. The topological polar surface area (TPSA) is 96.0 Å². The Kier molecular flexibility index (Phi) is 7.42. The van der Waals surface area contributed by atoms with Crippen molar-refractivity contribution in [2.45, 2.75) is 51.0 Å². The number of hydrogen-bond acceptors (Lipinski definition) is 5. The van der Waals surface area contributed by atoms with E-state index in [-0.39, 0.29) is 55.2 Å². The second kappa shape index (κ2) is 10.6. The van der Waals surface area contributed by atoms with E-state index in [1.54, 1.807) is 4.90 Å². The lowest BCUT2D eigenvalue weighted by Gasteiger charge is -2.39. The van der Waals surface area contributed by atoms with E-state index in [9.17, 15) is 19.2 Å². The number of hydrogen-bond donors (Lipinski definition) is 1. The van der Waals surface area contributed by atoms with Gasteiger partial charge in [0.2, 0.25) is 17.7 Å². The van der Waals surface area contributed by atoms with Crippen LogP contribution in [0.15, 0.2) is 36.4 Å². The van der Waals surface area contributed by atoms with Crippen LogP contribution < -0.4 is 10.1 Å². The van der Waals surface area contributed by atoms with Gasteiger partial charge in [0.15, 0.2) is 6.61 Å². The molecule has 2 saturated heterocycles. The Labute approximate surface area is 193 Å². The van der Waals surface area contributed by atoms with Gasteiger partial charge in [0, 0.05) is 50.9 Å². The van der Waals surface area contributed by atoms with Crippen molar-refractivity contribution in [3.63, 3.8) is 0 Å². The van der Waals surface area contributed by atoms with Crippen LogP contribution in [0.5, 0.6) is 5.75 Å². The van der Waals surface area contributed by atoms with Crippen LogP contribution in [0.3, 0.4) is 0 Å². The molecule has 3 heterocycles. The van der Waals surface area contributed by atoms with Gasteiger partial charge in [-0.2, -0.15) is 0 Å². The molecule has 1 aromatic rings. The summed E-state index contributed by atoms with van der Waals surface area (Å²) in [4.78, 5) is 52.4. The molecule has 2 atom stereocenters. The molecule has 33 heavy (non-hydrogen) atoms. The van der Waals surface area contributed by atoms with E-state index < -0.39 is 0 Å². The summed E-state index contributed by atoms with van der Waals surface area (Å²) in [6.07, 6.45) is 7.82. The number of para-hydroxylation sites is 1. The fraction of sp³-hybridized carbons (Fsp3) is 0.520. The molecule has 0 saturated carbocycles. The third-order valence-corrected chi connectivity index (χ3v) is 6.64. The van der Waals surface area contributed by atoms with Crippen molar-refractivity contribution >= 4 is 23.6 Å². The molecule has 8 heteroatoms. The van der Waals surface area contributed by atoms with Gasteiger partial charge in [0.25, 0.3) is 5.91 Å². The van der Waals surface area contributed by atoms with Crippen LogP contribution in [-0.2, 0) is 25.6 Å². The van der Waals surface area contributed by atoms with Crippen LogP contribution in [-0.4, -0.2) is 65.7 Å². The first kappa shape index (κ1) is 23.0. The van der Waals surface area contributed by atoms with E-state index in [4.69, 9.17) is 4.74 Å². The van der Waals surface area contributed by atoms with Crippen molar-refractivity contribution in [3.8, 4) is 5.75 Å². The quantitative estimate of drug-likeness (QED) is 0.557. The molecule has 1 aromatic carbocycles. The summed E-state index contributed by atoms with van der Waals surface area (Å²) in [5.41, 5.74) is 1.03. The Morgan fingerprint density at radius 3 is 2.70 bits per heavy atom. The molecule has 0 aromatic heterocycles. The first-order valence-corrected chi connectivity index (χ1v) is 11.8. The van der Waals surface area contributed by atoms with Gasteiger partial charge < -0.3 is 15.0 Å². The molecule has 0 bridgehead atoms. The standard InChI is InChI=1S/C25H31N3O5/c29-22-17-33-21-9-4-3-7-18(21)6-1-2-8-19-16-27(14-12-20(19)26-22)23(30)13-15-28-24(31)10-5-11-25(28)32/h1-4,7,9,19-20H,5-6,8,10-17H2,(H,26,29)/b2-1+/t19-,20+/m0/s1. The largest absolute Gasteiger partial charge is 0.483 e. The van der Waals surface area contributed by atoms with Crippen molar-refractivity contribution < 1.29 is 23.9 Å². The smallest absolute Gasteiger partial charge is 0.258 e. The summed E-state index contributed by atoms with van der Waals surface area (Å²) in [5.74, 6) is 0.225. The zero-order valence-corrected chi connectivity index (χ0v) is 18.8. The predicted molar refractivity (Wildman–Crippen MR) is 121 cm³/mol. The van der Waals surface area contributed by atoms with Crippen LogP contribution >= 0.6 is 0 Å². The second-order valence-electron chi connectivity index (χ2n) is 8.91. The Balaban J connectivity index is 1.38. The zero-order chi connectivity index (χ0) is 23.2. The number of rotatable bonds is 3. The van der Waals surface area contributed by atoms with Gasteiger partial charge in [-0.3, -0.25) is 24.1 Å². The molecule has 4 rings (SSSR count). The van der Waals surface area contributed by atoms with Crippen molar-refractivity contribution in [3.05, 3.63) is 42.0 Å². The maximum atomic E-state index is 12.9. The molecule has 0 radical (unpaired) electrons. The Morgan fingerprint density at radius 2 is 1.88 bits per heavy atom. The number of fused-ring (bicyclic) bond motifs is 2. The monoisotopic (exact) mass is 453 g/mol. The average Bonchev–Trinajstić information content (AvgIpc) is 2.80. The molecule has 0 unspecified atom stereocenters. The highest BCUT2D eigenvalue weighted by atomic mass is 16.5. The Hall–Kier alpha value is -3.16. The first-order valence-electron chi connectivity index (χ1n) is 11.8. The third-order valence-electron chi connectivity index (χ3n) is 6.64. The number of carbonyl (C=O) groups excluding carboxylic acids is 4. The Bertz CT molecular complexity index is 928. The van der Waals surface area contributed by atoms with E-state index in [0.717, 1.165) is 24.2 Å². The van der Waals surface area contributed by atoms with Gasteiger partial charge >= 0.3 is 0 Å². The minimum absolute atomic E-state index is 0.0327. The van der Waals surface area contributed by atoms with Gasteiger partial charge in [-0.25, -0.2) is 0 Å². The maximum absolute atomic E-state index is 12.9. The van der Waals surface area contributed by atoms with E-state index in [2.05, 4.69) is 17.5 Å². The fourth-order valence-corrected chi connectivity index (χ4v) is 4.79. The normalized spacial score (nSPS) is 25.0. The number of nitrogens with one attached hydrogen (secondary N) is 1. The first-order chi connectivity index (χ1) is 16.0. The lowest BCUT2D eigenvalue weighted by Crippen LogP contribution is -2.53. The third kappa shape index (κ3) is 5.80. The molecule has 0 aliphatic carbocycles. The summed E-state index contributed by atoms with van der Waals surface area (Å²) in [6, 6.07) is 7.68. The summed E-state index contributed by atoms with van der Waals surface area (Å²) in [5, 5.41) is 3.09. The van der Waals surface area contributed by atoms with Crippen LogP contribution in [0.1, 0.15) is 44.1 Å². The van der Waals surface area contributed by atoms with Gasteiger partial charge in [0.05, 0.1) is 0 Å². The maximum Gasteiger partial charge on any atom is 0.258 e. The van der Waals surface area contributed by atoms with E-state index in [1.807, 2.05) is 24.3 Å². The van der Waals surface area contributed by atoms with Crippen molar-refractivity contribution in [2.24, 2.45) is 5.92 Å². The minimum atomic E-state index is -0.186. The molecule has 8 nitrogen and oxygen atoms in total. The van der Waals surface area contributed by atoms with Crippen LogP contribution in [0, 0.1) is 5.92 Å². The van der Waals surface area contributed by atoms with E-state index >= 15 is 0 Å². The number of nitrogens with zero attached hydrogens (tertiary/aromatic N) is 2. The summed E-state index contributed by atoms with van der Waals surface area (Å²) in [7, 11) is 0. The minimum Gasteiger partial charge on any atom is -0.483 e. The van der Waals surface area contributed by atoms with Crippen molar-refractivity contribution in [1.82, 2.24) is 15.1 Å². The van der Waals surface area contributed by atoms with Crippen molar-refractivity contribution in [1.29, 1.82) is 0 Å². The van der Waals surface area contributed by atoms with Crippen LogP contribution in [0.25, 0.3) is 0 Å². The zero-order valence-electron chi connectivity index (χ0n) is 18.8. The fourth-order valence-electron chi connectivity index (χ4n) is 4.79. The SMILES string of the molecule is O=C1COc2ccccc2C/C=C/C[C@H]2CN(C(=O)CCN3C(=O)CCCC3=O)CC[C@H]2N1. The van der Waals surface area contributed by atoms with Gasteiger partial charge in [0.1, 0.15) is 5.75 Å². The second-order valence-corrected chi connectivity index (χ2v) is 8.91. The van der Waals surface area contributed by atoms with Gasteiger partial charge in [-0.1, -0.05) is 30.4 Å². The highest BCUT2D eigenvalue weighted by Gasteiger charge is 2.33. The molecule has 2 fully saturated rings. The number of likely N-dealkylation sites (tertiary alicyclic amines) is 2. The lowest BCUT2D eigenvalue weighted by atomic mass is 9.88. The molecular weight excluding hydrogens is 422 g/mol. The highest BCUT2D eigenvalue weighted by Crippen LogP contribution is 2.24. The number of carbonyl (C=O) groups is 4. The molecular formula is C25H31N3O5. The number of amides is 4. The predicted octanol–water partition coefficient (Wildman–Crippen LogP) is 1.83. The van der Waals surface area contributed by atoms with Crippen LogP contribution in [0.4, 0.5) is 0 Å². The molecule has 176 valence electrons. The van der Waals surface area contributed by atoms with E-state index in [1.165, 1.54) is 4.90 Å². The molecule has 3 aliphatic rings. The number of piperidine rings is 2. The Morgan fingerprint density at radius 1 is 1.09 bits per heavy atom. The summed E-state index contributed by atoms with van der Waals surface area (Å²) >= 11 is 0. The molecule has 4 amide bonds. The molecule has 1 N–H and O–H groups in total. The highest BCUT2D eigenvalue weighted by molar-refractivity contribution is 5.97. The summed E-state index contributed by atoms with van der Waals surface area (Å²) in [6.45, 7) is 1.18. The van der Waals surface area contributed by atoms with Gasteiger partial charge in [-0.05, 0) is 37.3 Å². The number of imide groups is 1. The molecule has 3 aliphatic heterocycles. The summed E-state index contributed by atoms with van der Waals surface area (Å²) < 4.78 is 5.75. The van der Waals surface area contributed by atoms with E-state index in [0.29, 0.717) is 38.8 Å². The van der Waals surface area contributed by atoms with Gasteiger partial charge in [-0.15, -0.1) is 0 Å². The average molecular weight is 454 g/mol. The number of benzene rings is 1. The lowest BCUT2D eigenvalue weighted by molar-refractivity contribution is -0.148. The van der Waals surface area contributed by atoms with Crippen molar-refractivity contribution in [2.75, 3.05) is 26.2 Å².